The van der Waals surface area contributed by atoms with Crippen molar-refractivity contribution in [3.63, 3.8) is 0 Å². The fourth-order valence-corrected chi connectivity index (χ4v) is 1.75. The fraction of sp³-hybridized carbons (Fsp3) is 0.538. The Bertz CT molecular complexity index is 311. The Morgan fingerprint density at radius 3 is 2.62 bits per heavy atom. The minimum absolute atomic E-state index is 0.186. The summed E-state index contributed by atoms with van der Waals surface area (Å²) in [5.74, 6) is 0. The number of benzene rings is 1. The van der Waals surface area contributed by atoms with Gasteiger partial charge in [-0.3, -0.25) is 0 Å². The van der Waals surface area contributed by atoms with E-state index >= 15 is 0 Å². The Morgan fingerprint density at radius 2 is 2.00 bits per heavy atom. The molecule has 0 saturated heterocycles. The normalized spacial score (nSPS) is 19.4. The summed E-state index contributed by atoms with van der Waals surface area (Å²) in [6, 6.07) is 10.5. The van der Waals surface area contributed by atoms with E-state index in [4.69, 9.17) is 5.73 Å². The summed E-state index contributed by atoms with van der Waals surface area (Å²) < 4.78 is 0. The van der Waals surface area contributed by atoms with E-state index in [1.807, 2.05) is 30.3 Å². The van der Waals surface area contributed by atoms with Crippen LogP contribution in [-0.4, -0.2) is 29.8 Å². The van der Waals surface area contributed by atoms with Gasteiger partial charge in [-0.25, -0.2) is 0 Å². The highest BCUT2D eigenvalue weighted by Gasteiger charge is 2.23. The first-order valence-electron chi connectivity index (χ1n) is 5.96. The molecular formula is C13H20N2O. The average molecular weight is 220 g/mol. The van der Waals surface area contributed by atoms with E-state index in [1.165, 1.54) is 18.4 Å². The minimum Gasteiger partial charge on any atom is -0.390 e. The lowest BCUT2D eigenvalue weighted by molar-refractivity contribution is 0.141. The first-order chi connectivity index (χ1) is 7.75. The summed E-state index contributed by atoms with van der Waals surface area (Å²) in [6.07, 6.45) is 2.75. The lowest BCUT2D eigenvalue weighted by Gasteiger charge is -2.19. The van der Waals surface area contributed by atoms with E-state index in [9.17, 15) is 5.11 Å². The van der Waals surface area contributed by atoms with Crippen LogP contribution in [0.25, 0.3) is 0 Å². The van der Waals surface area contributed by atoms with Gasteiger partial charge < -0.3 is 16.2 Å². The highest BCUT2D eigenvalue weighted by atomic mass is 16.3. The standard InChI is InChI=1S/C13H20N2O/c14-12(8-10-4-2-1-3-5-10)13(16)9-15-11-6-7-11/h1-5,11-13,15-16H,6-9,14H2/t12?,13-/m1/s1. The maximum atomic E-state index is 9.87. The van der Waals surface area contributed by atoms with Gasteiger partial charge in [-0.2, -0.15) is 0 Å². The zero-order valence-corrected chi connectivity index (χ0v) is 9.47. The maximum absolute atomic E-state index is 9.87. The smallest absolute Gasteiger partial charge is 0.0818 e. The van der Waals surface area contributed by atoms with Crippen molar-refractivity contribution in [2.45, 2.75) is 37.5 Å². The van der Waals surface area contributed by atoms with E-state index in [0.717, 1.165) is 6.42 Å². The van der Waals surface area contributed by atoms with E-state index in [2.05, 4.69) is 5.32 Å². The van der Waals surface area contributed by atoms with Gasteiger partial charge in [0.25, 0.3) is 0 Å². The number of nitrogens with one attached hydrogen (secondary N) is 1. The van der Waals surface area contributed by atoms with E-state index in [1.54, 1.807) is 0 Å². The number of hydrogen-bond acceptors (Lipinski definition) is 3. The Balaban J connectivity index is 1.75. The van der Waals surface area contributed by atoms with Crippen LogP contribution in [0.4, 0.5) is 0 Å². The van der Waals surface area contributed by atoms with Crippen molar-refractivity contribution in [2.75, 3.05) is 6.54 Å². The van der Waals surface area contributed by atoms with Crippen molar-refractivity contribution >= 4 is 0 Å². The van der Waals surface area contributed by atoms with Crippen molar-refractivity contribution in [3.8, 4) is 0 Å². The lowest BCUT2D eigenvalue weighted by Crippen LogP contribution is -2.43. The van der Waals surface area contributed by atoms with Gasteiger partial charge in [0.2, 0.25) is 0 Å². The monoisotopic (exact) mass is 220 g/mol. The molecule has 4 N–H and O–H groups in total. The molecule has 3 nitrogen and oxygen atoms in total. The fourth-order valence-electron chi connectivity index (χ4n) is 1.75. The van der Waals surface area contributed by atoms with Crippen LogP contribution in [0.3, 0.4) is 0 Å². The summed E-state index contributed by atoms with van der Waals surface area (Å²) >= 11 is 0. The summed E-state index contributed by atoms with van der Waals surface area (Å²) in [4.78, 5) is 0. The molecule has 2 rings (SSSR count). The zero-order valence-electron chi connectivity index (χ0n) is 9.47. The number of rotatable bonds is 6. The van der Waals surface area contributed by atoms with Crippen LogP contribution in [0.1, 0.15) is 18.4 Å². The molecule has 0 radical (unpaired) electrons. The molecular weight excluding hydrogens is 200 g/mol. The number of aliphatic hydroxyl groups excluding tert-OH is 1. The minimum atomic E-state index is -0.458. The van der Waals surface area contributed by atoms with E-state index in [-0.39, 0.29) is 6.04 Å². The van der Waals surface area contributed by atoms with Gasteiger partial charge in [-0.1, -0.05) is 30.3 Å². The van der Waals surface area contributed by atoms with Gasteiger partial charge in [-0.15, -0.1) is 0 Å². The lowest BCUT2D eigenvalue weighted by atomic mass is 10.0. The van der Waals surface area contributed by atoms with Gasteiger partial charge >= 0.3 is 0 Å². The predicted molar refractivity (Wildman–Crippen MR) is 65.2 cm³/mol. The second kappa shape index (κ2) is 5.43. The Hall–Kier alpha value is -0.900. The molecule has 0 spiro atoms. The van der Waals surface area contributed by atoms with Gasteiger partial charge in [0, 0.05) is 18.6 Å². The first kappa shape index (κ1) is 11.6. The van der Waals surface area contributed by atoms with E-state index in [0.29, 0.717) is 12.6 Å². The third-order valence-corrected chi connectivity index (χ3v) is 3.00. The van der Waals surface area contributed by atoms with Crippen molar-refractivity contribution in [3.05, 3.63) is 35.9 Å². The summed E-state index contributed by atoms with van der Waals surface area (Å²) in [6.45, 7) is 0.610. The van der Waals surface area contributed by atoms with Crippen LogP contribution < -0.4 is 11.1 Å². The number of aliphatic hydroxyl groups is 1. The molecule has 1 saturated carbocycles. The predicted octanol–water partition coefficient (Wildman–Crippen LogP) is 0.669. The third-order valence-electron chi connectivity index (χ3n) is 3.00. The molecule has 2 atom stereocenters. The maximum Gasteiger partial charge on any atom is 0.0818 e. The Labute approximate surface area is 96.7 Å². The molecule has 1 aromatic carbocycles. The van der Waals surface area contributed by atoms with Crippen LogP contribution in [0.2, 0.25) is 0 Å². The molecule has 0 aliphatic heterocycles. The summed E-state index contributed by atoms with van der Waals surface area (Å²) in [5, 5.41) is 13.2. The average Bonchev–Trinajstić information content (AvgIpc) is 3.11. The highest BCUT2D eigenvalue weighted by molar-refractivity contribution is 5.16. The van der Waals surface area contributed by atoms with Gasteiger partial charge in [-0.05, 0) is 24.8 Å². The molecule has 1 aliphatic carbocycles. The topological polar surface area (TPSA) is 58.3 Å². The van der Waals surface area contributed by atoms with Crippen molar-refractivity contribution in [2.24, 2.45) is 5.73 Å². The highest BCUT2D eigenvalue weighted by Crippen LogP contribution is 2.18. The molecule has 0 heterocycles. The first-order valence-corrected chi connectivity index (χ1v) is 5.96. The molecule has 1 fully saturated rings. The molecule has 1 unspecified atom stereocenters. The number of nitrogens with two attached hydrogens (primary N) is 1. The molecule has 88 valence electrons. The molecule has 3 heteroatoms. The Kier molecular flexibility index (Phi) is 3.93. The SMILES string of the molecule is NC(Cc1ccccc1)[C@H](O)CNC1CC1. The van der Waals surface area contributed by atoms with Gasteiger partial charge in [0.1, 0.15) is 0 Å². The van der Waals surface area contributed by atoms with Crippen molar-refractivity contribution in [1.29, 1.82) is 0 Å². The third kappa shape index (κ3) is 3.59. The van der Waals surface area contributed by atoms with Crippen LogP contribution in [0.5, 0.6) is 0 Å². The van der Waals surface area contributed by atoms with Crippen molar-refractivity contribution < 1.29 is 5.11 Å². The molecule has 1 aromatic rings. The molecule has 16 heavy (non-hydrogen) atoms. The van der Waals surface area contributed by atoms with Crippen LogP contribution in [-0.2, 0) is 6.42 Å². The van der Waals surface area contributed by atoms with E-state index < -0.39 is 6.10 Å². The number of hydrogen-bond donors (Lipinski definition) is 3. The van der Waals surface area contributed by atoms with Crippen LogP contribution in [0, 0.1) is 0 Å². The largest absolute Gasteiger partial charge is 0.390 e. The second-order valence-electron chi connectivity index (χ2n) is 4.60. The Morgan fingerprint density at radius 1 is 1.31 bits per heavy atom. The summed E-state index contributed by atoms with van der Waals surface area (Å²) in [5.41, 5.74) is 7.15. The molecule has 1 aliphatic rings. The summed E-state index contributed by atoms with van der Waals surface area (Å²) in [7, 11) is 0. The van der Waals surface area contributed by atoms with Crippen molar-refractivity contribution in [1.82, 2.24) is 5.32 Å². The van der Waals surface area contributed by atoms with Crippen LogP contribution in [0.15, 0.2) is 30.3 Å². The van der Waals surface area contributed by atoms with Crippen LogP contribution >= 0.6 is 0 Å². The second-order valence-corrected chi connectivity index (χ2v) is 4.60. The molecule has 0 aromatic heterocycles. The molecule has 0 bridgehead atoms. The van der Waals surface area contributed by atoms with Gasteiger partial charge in [0.15, 0.2) is 0 Å². The molecule has 0 amide bonds. The quantitative estimate of drug-likeness (QED) is 0.660. The van der Waals surface area contributed by atoms with Gasteiger partial charge in [0.05, 0.1) is 6.10 Å². The zero-order chi connectivity index (χ0) is 11.4.